The Morgan fingerprint density at radius 1 is 1.00 bits per heavy atom. The van der Waals surface area contributed by atoms with E-state index in [1.165, 1.54) is 12.3 Å². The maximum atomic E-state index is 12.7. The summed E-state index contributed by atoms with van der Waals surface area (Å²) in [6.45, 7) is 0. The predicted molar refractivity (Wildman–Crippen MR) is 60.6 cm³/mol. The molecule has 4 heteroatoms. The molecule has 0 bridgehead atoms. The highest BCUT2D eigenvalue weighted by Crippen LogP contribution is 2.22. The molecule has 2 heterocycles. The summed E-state index contributed by atoms with van der Waals surface area (Å²) in [6, 6.07) is 10.00. The lowest BCUT2D eigenvalue weighted by Gasteiger charge is -2.01. The van der Waals surface area contributed by atoms with E-state index in [0.29, 0.717) is 16.8 Å². The minimum Gasteiger partial charge on any atom is -0.267 e. The van der Waals surface area contributed by atoms with Crippen molar-refractivity contribution in [2.75, 3.05) is 0 Å². The van der Waals surface area contributed by atoms with Crippen molar-refractivity contribution in [3.63, 3.8) is 0 Å². The summed E-state index contributed by atoms with van der Waals surface area (Å²) in [5.74, 6) is -0.813. The van der Waals surface area contributed by atoms with E-state index < -0.39 is 5.95 Å². The van der Waals surface area contributed by atoms with Gasteiger partial charge < -0.3 is 0 Å². The van der Waals surface area contributed by atoms with Crippen molar-refractivity contribution in [3.8, 4) is 0 Å². The summed E-state index contributed by atoms with van der Waals surface area (Å²) >= 11 is 0. The average Bonchev–Trinajstić information content (AvgIpc) is 2.69. The number of aromatic nitrogens is 1. The Hall–Kier alpha value is -2.36. The van der Waals surface area contributed by atoms with Crippen LogP contribution >= 0.6 is 0 Å². The van der Waals surface area contributed by atoms with Gasteiger partial charge in [0.05, 0.1) is 11.3 Å². The number of hydrogen-bond donors (Lipinski definition) is 0. The average molecular weight is 226 g/mol. The van der Waals surface area contributed by atoms with Gasteiger partial charge in [0.2, 0.25) is 5.95 Å². The Morgan fingerprint density at radius 3 is 2.47 bits per heavy atom. The molecular formula is C13H7FN2O. The molecular weight excluding hydrogens is 219 g/mol. The number of halogens is 1. The fraction of sp³-hybridized carbons (Fsp3) is 0. The standard InChI is InChI=1S/C13H7FN2O/c14-11-6-5-8(7-15-11)12-9-3-1-2-4-10(9)13(17)16-12/h1-7H. The fourth-order valence-corrected chi connectivity index (χ4v) is 1.83. The van der Waals surface area contributed by atoms with Crippen molar-refractivity contribution in [3.05, 3.63) is 65.2 Å². The first-order valence-corrected chi connectivity index (χ1v) is 5.10. The summed E-state index contributed by atoms with van der Waals surface area (Å²) in [5.41, 5.74) is 2.54. The molecule has 0 saturated carbocycles. The molecule has 82 valence electrons. The Bertz CT molecular complexity index is 632. The highest BCUT2D eigenvalue weighted by atomic mass is 19.1. The zero-order chi connectivity index (χ0) is 11.8. The normalized spacial score (nSPS) is 13.5. The lowest BCUT2D eigenvalue weighted by Crippen LogP contribution is -2.01. The van der Waals surface area contributed by atoms with Crippen LogP contribution in [0.2, 0.25) is 0 Å². The molecule has 1 aromatic carbocycles. The molecule has 0 radical (unpaired) electrons. The van der Waals surface area contributed by atoms with Gasteiger partial charge in [-0.05, 0) is 18.2 Å². The van der Waals surface area contributed by atoms with Crippen LogP contribution in [0.3, 0.4) is 0 Å². The van der Waals surface area contributed by atoms with Gasteiger partial charge in [-0.2, -0.15) is 4.39 Å². The van der Waals surface area contributed by atoms with Gasteiger partial charge in [-0.25, -0.2) is 9.98 Å². The van der Waals surface area contributed by atoms with Crippen LogP contribution in [0, 0.1) is 5.95 Å². The first-order chi connectivity index (χ1) is 8.25. The lowest BCUT2D eigenvalue weighted by molar-refractivity contribution is 0.101. The molecule has 1 aromatic heterocycles. The predicted octanol–water partition coefficient (Wildman–Crippen LogP) is 2.21. The molecule has 0 atom stereocenters. The molecule has 0 unspecified atom stereocenters. The zero-order valence-electron chi connectivity index (χ0n) is 8.72. The minimum absolute atomic E-state index is 0.264. The minimum atomic E-state index is -0.549. The Labute approximate surface area is 96.7 Å². The topological polar surface area (TPSA) is 42.3 Å². The summed E-state index contributed by atoms with van der Waals surface area (Å²) < 4.78 is 12.7. The van der Waals surface area contributed by atoms with E-state index in [4.69, 9.17) is 0 Å². The molecule has 0 saturated heterocycles. The zero-order valence-corrected chi connectivity index (χ0v) is 8.72. The van der Waals surface area contributed by atoms with Crippen LogP contribution in [0.5, 0.6) is 0 Å². The smallest absolute Gasteiger partial charge is 0.267 e. The molecule has 3 nitrogen and oxygen atoms in total. The molecule has 0 N–H and O–H groups in total. The Kier molecular flexibility index (Phi) is 2.08. The number of carbonyl (C=O) groups is 1. The molecule has 2 aromatic rings. The first-order valence-electron chi connectivity index (χ1n) is 5.10. The number of benzene rings is 1. The van der Waals surface area contributed by atoms with E-state index in [9.17, 15) is 9.18 Å². The van der Waals surface area contributed by atoms with Gasteiger partial charge in [-0.3, -0.25) is 4.79 Å². The molecule has 1 aliphatic heterocycles. The van der Waals surface area contributed by atoms with Gasteiger partial charge in [-0.1, -0.05) is 18.2 Å². The maximum Gasteiger partial charge on any atom is 0.278 e. The van der Waals surface area contributed by atoms with Crippen LogP contribution < -0.4 is 0 Å². The van der Waals surface area contributed by atoms with Gasteiger partial charge in [0, 0.05) is 17.3 Å². The SMILES string of the molecule is O=C1N=C(c2ccc(F)nc2)c2ccccc21. The van der Waals surface area contributed by atoms with Crippen molar-refractivity contribution in [1.29, 1.82) is 0 Å². The highest BCUT2D eigenvalue weighted by Gasteiger charge is 2.23. The number of amides is 1. The van der Waals surface area contributed by atoms with Gasteiger partial charge in [0.1, 0.15) is 0 Å². The second kappa shape index (κ2) is 3.59. The van der Waals surface area contributed by atoms with Crippen LogP contribution in [0.1, 0.15) is 21.5 Å². The first kappa shape index (κ1) is 9.84. The van der Waals surface area contributed by atoms with Gasteiger partial charge >= 0.3 is 0 Å². The molecule has 0 aliphatic carbocycles. The second-order valence-corrected chi connectivity index (χ2v) is 3.68. The summed E-state index contributed by atoms with van der Waals surface area (Å²) in [7, 11) is 0. The van der Waals surface area contributed by atoms with Crippen LogP contribution in [0.15, 0.2) is 47.6 Å². The van der Waals surface area contributed by atoms with E-state index in [0.717, 1.165) is 5.56 Å². The third-order valence-corrected chi connectivity index (χ3v) is 2.63. The van der Waals surface area contributed by atoms with Crippen LogP contribution in [0.25, 0.3) is 0 Å². The van der Waals surface area contributed by atoms with Gasteiger partial charge in [-0.15, -0.1) is 0 Å². The molecule has 1 aliphatic rings. The van der Waals surface area contributed by atoms with Crippen molar-refractivity contribution >= 4 is 11.6 Å². The van der Waals surface area contributed by atoms with E-state index in [1.807, 2.05) is 12.1 Å². The number of pyridine rings is 1. The summed E-state index contributed by atoms with van der Waals surface area (Å²) in [4.78, 5) is 19.2. The van der Waals surface area contributed by atoms with Crippen LogP contribution in [0.4, 0.5) is 4.39 Å². The van der Waals surface area contributed by atoms with Gasteiger partial charge in [0.15, 0.2) is 0 Å². The fourth-order valence-electron chi connectivity index (χ4n) is 1.83. The molecule has 17 heavy (non-hydrogen) atoms. The van der Waals surface area contributed by atoms with Crippen LogP contribution in [-0.4, -0.2) is 16.6 Å². The van der Waals surface area contributed by atoms with Crippen molar-refractivity contribution in [1.82, 2.24) is 4.98 Å². The van der Waals surface area contributed by atoms with E-state index in [2.05, 4.69) is 9.98 Å². The third-order valence-electron chi connectivity index (χ3n) is 2.63. The Balaban J connectivity index is 2.15. The lowest BCUT2D eigenvalue weighted by atomic mass is 10.0. The highest BCUT2D eigenvalue weighted by molar-refractivity contribution is 6.27. The van der Waals surface area contributed by atoms with Crippen molar-refractivity contribution < 1.29 is 9.18 Å². The van der Waals surface area contributed by atoms with Crippen molar-refractivity contribution in [2.45, 2.75) is 0 Å². The quantitative estimate of drug-likeness (QED) is 0.699. The van der Waals surface area contributed by atoms with Crippen LogP contribution in [-0.2, 0) is 0 Å². The van der Waals surface area contributed by atoms with E-state index in [1.54, 1.807) is 18.2 Å². The summed E-state index contributed by atoms with van der Waals surface area (Å²) in [6.07, 6.45) is 1.38. The van der Waals surface area contributed by atoms with E-state index in [-0.39, 0.29) is 5.91 Å². The molecule has 0 fully saturated rings. The number of rotatable bonds is 1. The number of fused-ring (bicyclic) bond motifs is 1. The third kappa shape index (κ3) is 1.54. The van der Waals surface area contributed by atoms with Gasteiger partial charge in [0.25, 0.3) is 5.91 Å². The second-order valence-electron chi connectivity index (χ2n) is 3.68. The molecule has 3 rings (SSSR count). The molecule has 0 spiro atoms. The number of hydrogen-bond acceptors (Lipinski definition) is 2. The number of nitrogens with zero attached hydrogens (tertiary/aromatic N) is 2. The number of aliphatic imine (C=N–C) groups is 1. The number of carbonyl (C=O) groups excluding carboxylic acids is 1. The maximum absolute atomic E-state index is 12.7. The van der Waals surface area contributed by atoms with E-state index >= 15 is 0 Å². The van der Waals surface area contributed by atoms with Crippen molar-refractivity contribution in [2.24, 2.45) is 4.99 Å². The largest absolute Gasteiger partial charge is 0.278 e. The molecule has 1 amide bonds. The monoisotopic (exact) mass is 226 g/mol. The summed E-state index contributed by atoms with van der Waals surface area (Å²) in [5, 5.41) is 0. The Morgan fingerprint density at radius 2 is 1.76 bits per heavy atom.